The molecule has 1 aliphatic rings. The molecule has 5 nitrogen and oxygen atoms in total. The highest BCUT2D eigenvalue weighted by Gasteiger charge is 2.45. The van der Waals surface area contributed by atoms with Crippen molar-refractivity contribution in [3.63, 3.8) is 0 Å². The van der Waals surface area contributed by atoms with E-state index in [1.54, 1.807) is 24.3 Å². The molecule has 188 valence electrons. The van der Waals surface area contributed by atoms with E-state index in [-0.39, 0.29) is 23.7 Å². The van der Waals surface area contributed by atoms with Crippen LogP contribution in [0.15, 0.2) is 42.5 Å². The fourth-order valence-corrected chi connectivity index (χ4v) is 4.78. The summed E-state index contributed by atoms with van der Waals surface area (Å²) in [5.74, 6) is -0.460. The summed E-state index contributed by atoms with van der Waals surface area (Å²) in [6.07, 6.45) is 4.01. The molecule has 2 N–H and O–H groups in total. The van der Waals surface area contributed by atoms with Crippen molar-refractivity contribution < 1.29 is 9.18 Å². The molecule has 1 saturated heterocycles. The van der Waals surface area contributed by atoms with Gasteiger partial charge in [-0.25, -0.2) is 14.8 Å². The van der Waals surface area contributed by atoms with Crippen molar-refractivity contribution in [1.29, 1.82) is 0 Å². The Labute approximate surface area is 213 Å². The molecule has 2 aromatic rings. The van der Waals surface area contributed by atoms with Crippen LogP contribution in [0.5, 0.6) is 0 Å². The number of halogens is 3. The van der Waals surface area contributed by atoms with Crippen molar-refractivity contribution in [2.24, 2.45) is 5.92 Å². The molecule has 0 aromatic heterocycles. The SMILES string of the molecule is CC.CCCCCN(C)NC(=O)C1NN(c2ccc(Cl)cc2Cl)C(c2ccc(F)cc2)C1CC. The van der Waals surface area contributed by atoms with Gasteiger partial charge in [-0.15, -0.1) is 0 Å². The molecule has 0 spiro atoms. The number of unbranched alkanes of at least 4 members (excludes halogenated alkanes) is 2. The number of benzene rings is 2. The molecule has 8 heteroatoms. The number of nitrogens with one attached hydrogen (secondary N) is 2. The smallest absolute Gasteiger partial charge is 0.253 e. The minimum Gasteiger partial charge on any atom is -0.298 e. The van der Waals surface area contributed by atoms with Crippen molar-refractivity contribution in [3.8, 4) is 0 Å². The standard InChI is InChI=1S/C24H31Cl2FN4O.C2H6/c1-4-6-7-14-30(3)29-24(32)22-19(5-2)23(16-8-11-18(27)12-9-16)31(28-22)21-13-10-17(25)15-20(21)26;1-2/h8-13,15,19,22-23,28H,4-7,14H2,1-3H3,(H,29,32);1-2H3. The molecule has 0 bridgehead atoms. The quantitative estimate of drug-likeness (QED) is 0.288. The van der Waals surface area contributed by atoms with Crippen LogP contribution in [0, 0.1) is 11.7 Å². The first-order valence-electron chi connectivity index (χ1n) is 12.1. The lowest BCUT2D eigenvalue weighted by Crippen LogP contribution is -2.51. The first-order valence-corrected chi connectivity index (χ1v) is 12.9. The molecule has 3 unspecified atom stereocenters. The van der Waals surface area contributed by atoms with Gasteiger partial charge in [0.15, 0.2) is 0 Å². The van der Waals surface area contributed by atoms with Crippen LogP contribution in [0.4, 0.5) is 10.1 Å². The van der Waals surface area contributed by atoms with E-state index in [1.165, 1.54) is 12.1 Å². The predicted octanol–water partition coefficient (Wildman–Crippen LogP) is 6.77. The van der Waals surface area contributed by atoms with Crippen molar-refractivity contribution in [3.05, 3.63) is 63.9 Å². The Morgan fingerprint density at radius 2 is 1.79 bits per heavy atom. The third-order valence-corrected chi connectivity index (χ3v) is 6.46. The molecule has 0 radical (unpaired) electrons. The number of carbonyl (C=O) groups is 1. The summed E-state index contributed by atoms with van der Waals surface area (Å²) in [4.78, 5) is 13.2. The Hall–Kier alpha value is -1.86. The van der Waals surface area contributed by atoms with Crippen LogP contribution in [0.2, 0.25) is 10.0 Å². The molecular formula is C26H37Cl2FN4O. The number of hydrogen-bond donors (Lipinski definition) is 2. The Morgan fingerprint density at radius 3 is 2.38 bits per heavy atom. The monoisotopic (exact) mass is 510 g/mol. The van der Waals surface area contributed by atoms with Gasteiger partial charge in [-0.3, -0.25) is 15.2 Å². The molecule has 0 saturated carbocycles. The van der Waals surface area contributed by atoms with E-state index in [4.69, 9.17) is 23.2 Å². The van der Waals surface area contributed by atoms with Crippen molar-refractivity contribution in [2.45, 2.75) is 65.5 Å². The molecule has 1 amide bonds. The fraction of sp³-hybridized carbons (Fsp3) is 0.500. The van der Waals surface area contributed by atoms with Gasteiger partial charge < -0.3 is 0 Å². The van der Waals surface area contributed by atoms with Gasteiger partial charge in [0.1, 0.15) is 11.9 Å². The summed E-state index contributed by atoms with van der Waals surface area (Å²) in [7, 11) is 1.88. The second kappa shape index (κ2) is 13.9. The van der Waals surface area contributed by atoms with Gasteiger partial charge in [-0.2, -0.15) is 0 Å². The van der Waals surface area contributed by atoms with Gasteiger partial charge >= 0.3 is 0 Å². The number of nitrogens with zero attached hydrogens (tertiary/aromatic N) is 2. The van der Waals surface area contributed by atoms with E-state index >= 15 is 0 Å². The average molecular weight is 512 g/mol. The zero-order chi connectivity index (χ0) is 25.3. The Morgan fingerprint density at radius 1 is 1.12 bits per heavy atom. The lowest BCUT2D eigenvalue weighted by molar-refractivity contribution is -0.128. The van der Waals surface area contributed by atoms with Crippen molar-refractivity contribution >= 4 is 34.8 Å². The van der Waals surface area contributed by atoms with E-state index in [1.807, 2.05) is 37.0 Å². The molecule has 2 aromatic carbocycles. The highest BCUT2D eigenvalue weighted by atomic mass is 35.5. The summed E-state index contributed by atoms with van der Waals surface area (Å²) in [6, 6.07) is 11.0. The molecule has 1 aliphatic heterocycles. The largest absolute Gasteiger partial charge is 0.298 e. The minimum atomic E-state index is -0.476. The van der Waals surface area contributed by atoms with E-state index in [0.717, 1.165) is 43.5 Å². The second-order valence-corrected chi connectivity index (χ2v) is 9.09. The van der Waals surface area contributed by atoms with Gasteiger partial charge in [-0.1, -0.05) is 75.9 Å². The van der Waals surface area contributed by atoms with Crippen LogP contribution >= 0.6 is 23.2 Å². The molecule has 1 fully saturated rings. The van der Waals surface area contributed by atoms with Gasteiger partial charge in [0.25, 0.3) is 5.91 Å². The molecular weight excluding hydrogens is 474 g/mol. The number of anilines is 1. The molecule has 3 atom stereocenters. The normalized spacial score (nSPS) is 19.7. The maximum absolute atomic E-state index is 13.6. The maximum Gasteiger partial charge on any atom is 0.253 e. The third kappa shape index (κ3) is 7.08. The maximum atomic E-state index is 13.6. The first-order chi connectivity index (χ1) is 16.3. The van der Waals surface area contributed by atoms with E-state index in [9.17, 15) is 9.18 Å². The van der Waals surface area contributed by atoms with Crippen LogP contribution in [-0.2, 0) is 4.79 Å². The van der Waals surface area contributed by atoms with Gasteiger partial charge in [-0.05, 0) is 48.7 Å². The Kier molecular flexibility index (Phi) is 11.6. The highest BCUT2D eigenvalue weighted by molar-refractivity contribution is 6.36. The number of carbonyl (C=O) groups excluding carboxylic acids is 1. The minimum absolute atomic E-state index is 0.0590. The van der Waals surface area contributed by atoms with Crippen molar-refractivity contribution in [1.82, 2.24) is 15.9 Å². The number of amides is 1. The Bertz CT molecular complexity index is 912. The molecule has 3 rings (SSSR count). The zero-order valence-electron chi connectivity index (χ0n) is 20.7. The Balaban J connectivity index is 0.00000199. The van der Waals surface area contributed by atoms with Gasteiger partial charge in [0, 0.05) is 24.5 Å². The lowest BCUT2D eigenvalue weighted by atomic mass is 9.86. The topological polar surface area (TPSA) is 47.6 Å². The number of hydrazine groups is 2. The van der Waals surface area contributed by atoms with Crippen LogP contribution in [0.25, 0.3) is 0 Å². The van der Waals surface area contributed by atoms with E-state index < -0.39 is 6.04 Å². The van der Waals surface area contributed by atoms with Crippen LogP contribution < -0.4 is 15.9 Å². The third-order valence-electron chi connectivity index (χ3n) is 5.92. The summed E-state index contributed by atoms with van der Waals surface area (Å²) in [6.45, 7) is 9.00. The summed E-state index contributed by atoms with van der Waals surface area (Å²) < 4.78 is 13.6. The fourth-order valence-electron chi connectivity index (χ4n) is 4.28. The zero-order valence-corrected chi connectivity index (χ0v) is 22.3. The molecule has 1 heterocycles. The van der Waals surface area contributed by atoms with Gasteiger partial charge in [0.05, 0.1) is 16.8 Å². The molecule has 0 aliphatic carbocycles. The highest BCUT2D eigenvalue weighted by Crippen LogP contribution is 2.43. The summed E-state index contributed by atoms with van der Waals surface area (Å²) in [5, 5.41) is 4.77. The van der Waals surface area contributed by atoms with E-state index in [0.29, 0.717) is 10.0 Å². The van der Waals surface area contributed by atoms with Crippen LogP contribution in [0.1, 0.15) is 65.0 Å². The number of rotatable bonds is 9. The van der Waals surface area contributed by atoms with Gasteiger partial charge in [0.2, 0.25) is 0 Å². The van der Waals surface area contributed by atoms with E-state index in [2.05, 4.69) is 24.7 Å². The summed E-state index contributed by atoms with van der Waals surface area (Å²) in [5.41, 5.74) is 8.01. The lowest BCUT2D eigenvalue weighted by Gasteiger charge is -2.29. The van der Waals surface area contributed by atoms with Crippen molar-refractivity contribution in [2.75, 3.05) is 18.6 Å². The average Bonchev–Trinajstić information content (AvgIpc) is 3.20. The molecule has 34 heavy (non-hydrogen) atoms. The number of hydrogen-bond acceptors (Lipinski definition) is 4. The first kappa shape index (κ1) is 28.4. The van der Waals surface area contributed by atoms with Crippen LogP contribution in [0.3, 0.4) is 0 Å². The summed E-state index contributed by atoms with van der Waals surface area (Å²) >= 11 is 12.6. The second-order valence-electron chi connectivity index (χ2n) is 8.25. The van der Waals surface area contributed by atoms with Crippen LogP contribution in [-0.4, -0.2) is 30.6 Å². The predicted molar refractivity (Wildman–Crippen MR) is 140 cm³/mol.